The number of carbonyl (C=O) groups is 1. The molecule has 10 heteroatoms. The van der Waals surface area contributed by atoms with Crippen molar-refractivity contribution in [3.05, 3.63) is 44.7 Å². The largest absolute Gasteiger partial charge is 0.490 e. The third-order valence-electron chi connectivity index (χ3n) is 2.22. The molecule has 0 unspecified atom stereocenters. The summed E-state index contributed by atoms with van der Waals surface area (Å²) < 4.78 is 1.04. The number of halogens is 2. The van der Waals surface area contributed by atoms with Crippen LogP contribution in [0.15, 0.2) is 24.5 Å². The van der Waals surface area contributed by atoms with Crippen LogP contribution in [0.5, 0.6) is 0 Å². The molecule has 0 radical (unpaired) electrons. The summed E-state index contributed by atoms with van der Waals surface area (Å²) in [6.45, 7) is -0.248. The first-order valence-corrected chi connectivity index (χ1v) is 6.00. The lowest BCUT2D eigenvalue weighted by molar-refractivity contribution is -0.394. The van der Waals surface area contributed by atoms with Gasteiger partial charge in [-0.1, -0.05) is 34.3 Å². The van der Waals surface area contributed by atoms with E-state index in [-0.39, 0.29) is 22.3 Å². The highest BCUT2D eigenvalue weighted by Crippen LogP contribution is 2.29. The topological polar surface area (TPSA) is 103 Å². The maximum Gasteiger partial charge on any atom is 0.490 e. The molecule has 2 aromatic rings. The minimum atomic E-state index is -0.751. The van der Waals surface area contributed by atoms with Crippen molar-refractivity contribution < 1.29 is 9.72 Å². The highest BCUT2D eigenvalue weighted by atomic mass is 35.5. The van der Waals surface area contributed by atoms with Crippen molar-refractivity contribution in [1.29, 1.82) is 0 Å². The molecule has 1 N–H and O–H groups in total. The smallest absolute Gasteiger partial charge is 0.390 e. The fraction of sp³-hybridized carbons (Fsp3) is 0.100. The zero-order valence-corrected chi connectivity index (χ0v) is 11.3. The van der Waals surface area contributed by atoms with Gasteiger partial charge in [0.15, 0.2) is 0 Å². The van der Waals surface area contributed by atoms with Crippen LogP contribution in [-0.4, -0.2) is 25.6 Å². The van der Waals surface area contributed by atoms with Gasteiger partial charge in [0.05, 0.1) is 15.7 Å². The van der Waals surface area contributed by atoms with E-state index in [1.807, 2.05) is 0 Å². The van der Waals surface area contributed by atoms with Crippen LogP contribution < -0.4 is 5.32 Å². The number of carbonyl (C=O) groups excluding carboxylic acids is 1. The van der Waals surface area contributed by atoms with Crippen molar-refractivity contribution in [1.82, 2.24) is 14.8 Å². The Labute approximate surface area is 122 Å². The van der Waals surface area contributed by atoms with Crippen LogP contribution in [0.2, 0.25) is 10.0 Å². The fourth-order valence-corrected chi connectivity index (χ4v) is 1.88. The van der Waals surface area contributed by atoms with Crippen molar-refractivity contribution >= 4 is 40.7 Å². The minimum absolute atomic E-state index is 0.248. The van der Waals surface area contributed by atoms with E-state index in [1.165, 1.54) is 0 Å². The van der Waals surface area contributed by atoms with Crippen LogP contribution in [0, 0.1) is 10.1 Å². The monoisotopic (exact) mass is 315 g/mol. The highest BCUT2D eigenvalue weighted by molar-refractivity contribution is 6.39. The molecule has 0 saturated heterocycles. The Morgan fingerprint density at radius 3 is 2.60 bits per heavy atom. The first kappa shape index (κ1) is 14.2. The SMILES string of the molecule is O=C(Cn1cnc([N+](=O)[O-])n1)Nc1c(Cl)cccc1Cl. The number of hydrogen-bond acceptors (Lipinski definition) is 5. The summed E-state index contributed by atoms with van der Waals surface area (Å²) in [5, 5.41) is 17.0. The lowest BCUT2D eigenvalue weighted by Gasteiger charge is -2.07. The van der Waals surface area contributed by atoms with Gasteiger partial charge in [0, 0.05) is 5.10 Å². The number of aromatic nitrogens is 3. The molecule has 0 atom stereocenters. The minimum Gasteiger partial charge on any atom is -0.390 e. The van der Waals surface area contributed by atoms with Crippen molar-refractivity contribution in [2.75, 3.05) is 5.32 Å². The van der Waals surface area contributed by atoms with Gasteiger partial charge in [-0.05, 0) is 17.1 Å². The summed E-state index contributed by atoms with van der Waals surface area (Å²) in [4.78, 5) is 24.9. The second-order valence-electron chi connectivity index (χ2n) is 3.64. The number of nitrogens with zero attached hydrogens (tertiary/aromatic N) is 4. The molecule has 0 spiro atoms. The van der Waals surface area contributed by atoms with Crippen LogP contribution in [0.25, 0.3) is 0 Å². The van der Waals surface area contributed by atoms with Gasteiger partial charge in [-0.25, -0.2) is 0 Å². The third kappa shape index (κ3) is 3.22. The Kier molecular flexibility index (Phi) is 4.16. The standard InChI is InChI=1S/C10H7Cl2N5O3/c11-6-2-1-3-7(12)9(6)14-8(18)4-16-5-13-10(15-16)17(19)20/h1-3,5H,4H2,(H,14,18). The Morgan fingerprint density at radius 2 is 2.05 bits per heavy atom. The van der Waals surface area contributed by atoms with E-state index >= 15 is 0 Å². The van der Waals surface area contributed by atoms with Gasteiger partial charge in [-0.2, -0.15) is 4.68 Å². The molecule has 0 aliphatic heterocycles. The van der Waals surface area contributed by atoms with E-state index in [0.717, 1.165) is 11.0 Å². The maximum absolute atomic E-state index is 11.8. The van der Waals surface area contributed by atoms with Crippen LogP contribution >= 0.6 is 23.2 Å². The summed E-state index contributed by atoms with van der Waals surface area (Å²) in [6, 6.07) is 4.79. The molecular formula is C10H7Cl2N5O3. The van der Waals surface area contributed by atoms with Crippen molar-refractivity contribution in [3.8, 4) is 0 Å². The molecule has 2 rings (SSSR count). The molecule has 104 valence electrons. The number of rotatable bonds is 4. The Morgan fingerprint density at radius 1 is 1.40 bits per heavy atom. The summed E-state index contributed by atoms with van der Waals surface area (Å²) in [5.41, 5.74) is 0.274. The van der Waals surface area contributed by atoms with E-state index in [4.69, 9.17) is 23.2 Å². The van der Waals surface area contributed by atoms with Crippen molar-refractivity contribution in [3.63, 3.8) is 0 Å². The van der Waals surface area contributed by atoms with Crippen molar-refractivity contribution in [2.24, 2.45) is 0 Å². The van der Waals surface area contributed by atoms with Crippen LogP contribution in [0.3, 0.4) is 0 Å². The average Bonchev–Trinajstić information content (AvgIpc) is 2.82. The zero-order valence-electron chi connectivity index (χ0n) is 9.79. The lowest BCUT2D eigenvalue weighted by Crippen LogP contribution is -2.19. The second kappa shape index (κ2) is 5.85. The van der Waals surface area contributed by atoms with Gasteiger partial charge >= 0.3 is 5.95 Å². The van der Waals surface area contributed by atoms with E-state index in [2.05, 4.69) is 15.4 Å². The van der Waals surface area contributed by atoms with Gasteiger partial charge in [0.25, 0.3) is 0 Å². The molecular weight excluding hydrogens is 309 g/mol. The van der Waals surface area contributed by atoms with Gasteiger partial charge in [0.2, 0.25) is 12.2 Å². The predicted molar refractivity (Wildman–Crippen MR) is 71.8 cm³/mol. The zero-order chi connectivity index (χ0) is 14.7. The first-order chi connectivity index (χ1) is 9.47. The number of nitro groups is 1. The molecule has 1 heterocycles. The van der Waals surface area contributed by atoms with Crippen molar-refractivity contribution in [2.45, 2.75) is 6.54 Å². The quantitative estimate of drug-likeness (QED) is 0.687. The summed E-state index contributed by atoms with van der Waals surface area (Å²) in [5.74, 6) is -1.06. The molecule has 1 aromatic carbocycles. The van der Waals surface area contributed by atoms with Gasteiger partial charge in [-0.15, -0.1) is 0 Å². The highest BCUT2D eigenvalue weighted by Gasteiger charge is 2.16. The molecule has 1 amide bonds. The second-order valence-corrected chi connectivity index (χ2v) is 4.46. The number of benzene rings is 1. The van der Waals surface area contributed by atoms with Gasteiger partial charge in [-0.3, -0.25) is 4.79 Å². The lowest BCUT2D eigenvalue weighted by atomic mass is 10.3. The number of anilines is 1. The van der Waals surface area contributed by atoms with Gasteiger partial charge in [0.1, 0.15) is 6.54 Å². The first-order valence-electron chi connectivity index (χ1n) is 5.25. The maximum atomic E-state index is 11.8. The third-order valence-corrected chi connectivity index (χ3v) is 2.85. The predicted octanol–water partition coefficient (Wildman–Crippen LogP) is 2.13. The molecule has 0 bridgehead atoms. The van der Waals surface area contributed by atoms with E-state index in [0.29, 0.717) is 0 Å². The number of para-hydroxylation sites is 1. The van der Waals surface area contributed by atoms with Crippen LogP contribution in [-0.2, 0) is 11.3 Å². The Balaban J connectivity index is 2.07. The molecule has 0 aliphatic rings. The van der Waals surface area contributed by atoms with E-state index in [1.54, 1.807) is 18.2 Å². The Hall–Kier alpha value is -2.19. The van der Waals surface area contributed by atoms with Crippen LogP contribution in [0.4, 0.5) is 11.6 Å². The molecule has 0 aliphatic carbocycles. The summed E-state index contributed by atoms with van der Waals surface area (Å²) in [6.07, 6.45) is 1.09. The Bertz CT molecular complexity index is 652. The molecule has 0 fully saturated rings. The van der Waals surface area contributed by atoms with Gasteiger partial charge < -0.3 is 15.4 Å². The molecule has 20 heavy (non-hydrogen) atoms. The summed E-state index contributed by atoms with van der Waals surface area (Å²) in [7, 11) is 0. The fourth-order valence-electron chi connectivity index (χ4n) is 1.39. The number of hydrogen-bond donors (Lipinski definition) is 1. The van der Waals surface area contributed by atoms with E-state index < -0.39 is 16.8 Å². The number of amides is 1. The molecule has 1 aromatic heterocycles. The van der Waals surface area contributed by atoms with Crippen LogP contribution in [0.1, 0.15) is 0 Å². The van der Waals surface area contributed by atoms with E-state index in [9.17, 15) is 14.9 Å². The molecule has 8 nitrogen and oxygen atoms in total. The average molecular weight is 316 g/mol. The summed E-state index contributed by atoms with van der Waals surface area (Å²) >= 11 is 11.8. The molecule has 0 saturated carbocycles. The normalized spacial score (nSPS) is 10.3. The number of nitrogens with one attached hydrogen (secondary N) is 1.